The van der Waals surface area contributed by atoms with Gasteiger partial charge in [-0.15, -0.1) is 0 Å². The molecule has 0 aromatic carbocycles. The first kappa shape index (κ1) is 9.04. The maximum Gasteiger partial charge on any atom is 0.222 e. The van der Waals surface area contributed by atoms with Gasteiger partial charge in [-0.05, 0) is 31.6 Å². The second kappa shape index (κ2) is 3.69. The van der Waals surface area contributed by atoms with Crippen LogP contribution in [0.4, 0.5) is 0 Å². The number of fused-ring (bicyclic) bond motifs is 1. The van der Waals surface area contributed by atoms with E-state index in [1.807, 2.05) is 11.9 Å². The molecule has 2 atom stereocenters. The molecule has 74 valence electrons. The Labute approximate surface area is 80.3 Å². The quantitative estimate of drug-likeness (QED) is 0.561. The number of amides is 1. The van der Waals surface area contributed by atoms with Crippen LogP contribution in [0.3, 0.4) is 0 Å². The molecule has 13 heavy (non-hydrogen) atoms. The number of rotatable bonds is 0. The van der Waals surface area contributed by atoms with Crippen LogP contribution in [0.2, 0.25) is 0 Å². The Morgan fingerprint density at radius 2 is 1.85 bits per heavy atom. The van der Waals surface area contributed by atoms with Crippen molar-refractivity contribution in [2.45, 2.75) is 51.0 Å². The molecule has 1 heterocycles. The van der Waals surface area contributed by atoms with Crippen LogP contribution in [0.15, 0.2) is 0 Å². The first-order chi connectivity index (χ1) is 6.29. The van der Waals surface area contributed by atoms with Gasteiger partial charge in [-0.3, -0.25) is 4.79 Å². The molecule has 2 nitrogen and oxygen atoms in total. The van der Waals surface area contributed by atoms with Crippen molar-refractivity contribution in [2.75, 3.05) is 7.05 Å². The van der Waals surface area contributed by atoms with E-state index in [4.69, 9.17) is 0 Å². The van der Waals surface area contributed by atoms with E-state index in [0.29, 0.717) is 11.9 Å². The van der Waals surface area contributed by atoms with Gasteiger partial charge in [0.05, 0.1) is 0 Å². The molecule has 2 rings (SSSR count). The van der Waals surface area contributed by atoms with Crippen molar-refractivity contribution in [1.82, 2.24) is 4.90 Å². The Morgan fingerprint density at radius 3 is 2.69 bits per heavy atom. The number of carbonyl (C=O) groups is 1. The number of likely N-dealkylation sites (tertiary alicyclic amines) is 1. The number of carbonyl (C=O) groups excluding carboxylic acids is 1. The second-order valence-corrected chi connectivity index (χ2v) is 4.51. The minimum absolute atomic E-state index is 0.370. The monoisotopic (exact) mass is 181 g/mol. The molecule has 2 unspecified atom stereocenters. The lowest BCUT2D eigenvalue weighted by Gasteiger charge is -2.35. The highest BCUT2D eigenvalue weighted by Gasteiger charge is 2.32. The van der Waals surface area contributed by atoms with E-state index in [0.717, 1.165) is 18.8 Å². The topological polar surface area (TPSA) is 20.3 Å². The van der Waals surface area contributed by atoms with Crippen molar-refractivity contribution in [3.05, 3.63) is 0 Å². The van der Waals surface area contributed by atoms with Crippen molar-refractivity contribution in [2.24, 2.45) is 5.92 Å². The maximum absolute atomic E-state index is 11.6. The molecule has 2 fully saturated rings. The molecular weight excluding hydrogens is 162 g/mol. The summed E-state index contributed by atoms with van der Waals surface area (Å²) in [7, 11) is 2.00. The summed E-state index contributed by atoms with van der Waals surface area (Å²) in [6, 6.07) is 0.573. The van der Waals surface area contributed by atoms with Crippen molar-refractivity contribution in [1.29, 1.82) is 0 Å². The maximum atomic E-state index is 11.6. The number of nitrogens with zero attached hydrogens (tertiary/aromatic N) is 1. The van der Waals surface area contributed by atoms with E-state index in [-0.39, 0.29) is 0 Å². The highest BCUT2D eigenvalue weighted by molar-refractivity contribution is 5.76. The largest absolute Gasteiger partial charge is 0.343 e. The lowest BCUT2D eigenvalue weighted by atomic mass is 9.82. The van der Waals surface area contributed by atoms with E-state index in [2.05, 4.69) is 0 Å². The molecule has 1 amide bonds. The smallest absolute Gasteiger partial charge is 0.222 e. The van der Waals surface area contributed by atoms with Gasteiger partial charge in [0, 0.05) is 19.5 Å². The van der Waals surface area contributed by atoms with Crippen molar-refractivity contribution in [3.63, 3.8) is 0 Å². The predicted octanol–water partition coefficient (Wildman–Crippen LogP) is 2.19. The van der Waals surface area contributed by atoms with Gasteiger partial charge in [0.1, 0.15) is 0 Å². The van der Waals surface area contributed by atoms with E-state index in [1.54, 1.807) is 0 Å². The summed E-state index contributed by atoms with van der Waals surface area (Å²) >= 11 is 0. The summed E-state index contributed by atoms with van der Waals surface area (Å²) in [5.41, 5.74) is 0. The van der Waals surface area contributed by atoms with Crippen molar-refractivity contribution in [3.8, 4) is 0 Å². The van der Waals surface area contributed by atoms with Gasteiger partial charge in [0.25, 0.3) is 0 Å². The molecule has 2 heteroatoms. The summed E-state index contributed by atoms with van der Waals surface area (Å²) < 4.78 is 0. The first-order valence-electron chi connectivity index (χ1n) is 5.54. The van der Waals surface area contributed by atoms with Crippen LogP contribution in [-0.2, 0) is 4.79 Å². The molecule has 0 bridgehead atoms. The Kier molecular flexibility index (Phi) is 2.56. The van der Waals surface area contributed by atoms with Gasteiger partial charge < -0.3 is 4.90 Å². The third-order valence-electron chi connectivity index (χ3n) is 3.73. The summed E-state index contributed by atoms with van der Waals surface area (Å²) in [6.45, 7) is 0. The van der Waals surface area contributed by atoms with Crippen LogP contribution < -0.4 is 0 Å². The van der Waals surface area contributed by atoms with Gasteiger partial charge >= 0.3 is 0 Å². The summed E-state index contributed by atoms with van der Waals surface area (Å²) in [6.07, 6.45) is 8.46. The Hall–Kier alpha value is -0.530. The fourth-order valence-corrected chi connectivity index (χ4v) is 2.91. The predicted molar refractivity (Wildman–Crippen MR) is 52.4 cm³/mol. The minimum atomic E-state index is 0.370. The average molecular weight is 181 g/mol. The summed E-state index contributed by atoms with van der Waals surface area (Å²) in [4.78, 5) is 13.6. The summed E-state index contributed by atoms with van der Waals surface area (Å²) in [5, 5.41) is 0. The van der Waals surface area contributed by atoms with Gasteiger partial charge in [-0.1, -0.05) is 12.8 Å². The number of hydrogen-bond donors (Lipinski definition) is 0. The van der Waals surface area contributed by atoms with Crippen molar-refractivity contribution < 1.29 is 4.79 Å². The fourth-order valence-electron chi connectivity index (χ4n) is 2.91. The molecule has 2 aliphatic rings. The zero-order chi connectivity index (χ0) is 9.26. The van der Waals surface area contributed by atoms with Gasteiger partial charge in [-0.2, -0.15) is 0 Å². The molecule has 0 radical (unpaired) electrons. The number of hydrogen-bond acceptors (Lipinski definition) is 1. The zero-order valence-corrected chi connectivity index (χ0v) is 8.46. The van der Waals surface area contributed by atoms with E-state index in [9.17, 15) is 4.79 Å². The highest BCUT2D eigenvalue weighted by atomic mass is 16.2. The normalized spacial score (nSPS) is 35.5. The first-order valence-corrected chi connectivity index (χ1v) is 5.54. The molecule has 0 N–H and O–H groups in total. The van der Waals surface area contributed by atoms with Crippen LogP contribution in [-0.4, -0.2) is 23.9 Å². The van der Waals surface area contributed by atoms with Crippen LogP contribution >= 0.6 is 0 Å². The standard InChI is InChI=1S/C11H19NO/c1-12-10-7-3-2-5-9(10)6-4-8-11(12)13/h9-10H,2-8H2,1H3. The van der Waals surface area contributed by atoms with E-state index < -0.39 is 0 Å². The molecule has 0 aromatic heterocycles. The van der Waals surface area contributed by atoms with E-state index in [1.165, 1.54) is 32.1 Å². The SMILES string of the molecule is CN1C(=O)CCCC2CCCCC21. The fraction of sp³-hybridized carbons (Fsp3) is 0.909. The third-order valence-corrected chi connectivity index (χ3v) is 3.73. The molecular formula is C11H19NO. The minimum Gasteiger partial charge on any atom is -0.343 e. The van der Waals surface area contributed by atoms with Crippen LogP contribution in [0.1, 0.15) is 44.9 Å². The van der Waals surface area contributed by atoms with Crippen molar-refractivity contribution >= 4 is 5.91 Å². The Bertz CT molecular complexity index is 202. The summed E-state index contributed by atoms with van der Waals surface area (Å²) in [5.74, 6) is 1.18. The van der Waals surface area contributed by atoms with Gasteiger partial charge in [-0.25, -0.2) is 0 Å². The Balaban J connectivity index is 2.11. The zero-order valence-electron chi connectivity index (χ0n) is 8.46. The lowest BCUT2D eigenvalue weighted by Crippen LogP contribution is -2.41. The van der Waals surface area contributed by atoms with Crippen LogP contribution in [0.5, 0.6) is 0 Å². The van der Waals surface area contributed by atoms with Gasteiger partial charge in [0.2, 0.25) is 5.91 Å². The lowest BCUT2D eigenvalue weighted by molar-refractivity contribution is -0.132. The molecule has 0 aromatic rings. The Morgan fingerprint density at radius 1 is 1.15 bits per heavy atom. The highest BCUT2D eigenvalue weighted by Crippen LogP contribution is 2.33. The molecule has 0 spiro atoms. The third kappa shape index (κ3) is 1.72. The van der Waals surface area contributed by atoms with E-state index >= 15 is 0 Å². The van der Waals surface area contributed by atoms with Crippen LogP contribution in [0.25, 0.3) is 0 Å². The van der Waals surface area contributed by atoms with Gasteiger partial charge in [0.15, 0.2) is 0 Å². The molecule has 1 saturated carbocycles. The molecule has 1 saturated heterocycles. The molecule has 1 aliphatic carbocycles. The molecule has 1 aliphatic heterocycles. The van der Waals surface area contributed by atoms with Crippen LogP contribution in [0, 0.1) is 5.92 Å². The average Bonchev–Trinajstić information content (AvgIpc) is 2.29. The second-order valence-electron chi connectivity index (χ2n) is 4.51.